The molecule has 0 bridgehead atoms. The van der Waals surface area contributed by atoms with Crippen LogP contribution in [0.5, 0.6) is 0 Å². The van der Waals surface area contributed by atoms with E-state index in [1.165, 1.54) is 12.1 Å². The topological polar surface area (TPSA) is 71.6 Å². The van der Waals surface area contributed by atoms with Crippen molar-refractivity contribution in [1.29, 1.82) is 0 Å². The first kappa shape index (κ1) is 16.6. The van der Waals surface area contributed by atoms with Crippen LogP contribution in [0, 0.1) is 5.82 Å². The highest BCUT2D eigenvalue weighted by Crippen LogP contribution is 2.33. The van der Waals surface area contributed by atoms with Gasteiger partial charge in [0.2, 0.25) is 5.89 Å². The predicted molar refractivity (Wildman–Crippen MR) is 87.3 cm³/mol. The molecule has 2 aliphatic rings. The molecule has 2 aliphatic heterocycles. The SMILES string of the molecule is O[C@@H]1C[C@@H](c2cccc(F)c2)N(Cc2noc(C3CCOCC3)n2)C1. The molecule has 0 unspecified atom stereocenters. The van der Waals surface area contributed by atoms with Crippen molar-refractivity contribution in [3.63, 3.8) is 0 Å². The summed E-state index contributed by atoms with van der Waals surface area (Å²) in [6, 6.07) is 6.50. The third-order valence-corrected chi connectivity index (χ3v) is 5.01. The summed E-state index contributed by atoms with van der Waals surface area (Å²) in [5.74, 6) is 1.27. The second-order valence-corrected chi connectivity index (χ2v) is 6.83. The Balaban J connectivity index is 1.48. The summed E-state index contributed by atoms with van der Waals surface area (Å²) in [6.45, 7) is 2.44. The number of aromatic nitrogens is 2. The Morgan fingerprint density at radius 1 is 1.28 bits per heavy atom. The number of aliphatic hydroxyl groups excluding tert-OH is 1. The van der Waals surface area contributed by atoms with Crippen molar-refractivity contribution >= 4 is 0 Å². The molecule has 1 aromatic heterocycles. The van der Waals surface area contributed by atoms with Gasteiger partial charge in [0.15, 0.2) is 5.82 Å². The van der Waals surface area contributed by atoms with Crippen LogP contribution in [0.2, 0.25) is 0 Å². The van der Waals surface area contributed by atoms with Gasteiger partial charge in [-0.15, -0.1) is 0 Å². The maximum atomic E-state index is 13.6. The summed E-state index contributed by atoms with van der Waals surface area (Å²) in [4.78, 5) is 6.62. The molecule has 0 aliphatic carbocycles. The summed E-state index contributed by atoms with van der Waals surface area (Å²) in [7, 11) is 0. The quantitative estimate of drug-likeness (QED) is 0.916. The standard InChI is InChI=1S/C18H22FN3O3/c19-14-3-1-2-13(8-14)16-9-15(23)10-22(16)11-17-20-18(25-21-17)12-4-6-24-7-5-12/h1-3,8,12,15-16,23H,4-7,9-11H2/t15-,16+/m1/s1. The molecule has 6 nitrogen and oxygen atoms in total. The molecule has 25 heavy (non-hydrogen) atoms. The number of hydrogen-bond acceptors (Lipinski definition) is 6. The molecule has 2 fully saturated rings. The summed E-state index contributed by atoms with van der Waals surface area (Å²) >= 11 is 0. The first-order valence-electron chi connectivity index (χ1n) is 8.77. The molecule has 1 N–H and O–H groups in total. The Morgan fingerprint density at radius 2 is 2.12 bits per heavy atom. The minimum atomic E-state index is -0.435. The number of β-amino-alcohol motifs (C(OH)–C–C–N with tert-alkyl or cyclic N) is 1. The monoisotopic (exact) mass is 347 g/mol. The highest BCUT2D eigenvalue weighted by Gasteiger charge is 2.33. The van der Waals surface area contributed by atoms with E-state index < -0.39 is 6.10 Å². The van der Waals surface area contributed by atoms with Crippen LogP contribution in [0.4, 0.5) is 4.39 Å². The lowest BCUT2D eigenvalue weighted by molar-refractivity contribution is 0.0778. The zero-order valence-electron chi connectivity index (χ0n) is 14.0. The van der Waals surface area contributed by atoms with Crippen molar-refractivity contribution in [2.45, 2.75) is 43.9 Å². The number of hydrogen-bond donors (Lipinski definition) is 1. The minimum Gasteiger partial charge on any atom is -0.392 e. The number of nitrogens with zero attached hydrogens (tertiary/aromatic N) is 3. The first-order valence-corrected chi connectivity index (χ1v) is 8.77. The number of halogens is 1. The molecule has 7 heteroatoms. The van der Waals surface area contributed by atoms with Crippen molar-refractivity contribution in [2.24, 2.45) is 0 Å². The van der Waals surface area contributed by atoms with Gasteiger partial charge in [-0.25, -0.2) is 4.39 Å². The van der Waals surface area contributed by atoms with Gasteiger partial charge in [-0.3, -0.25) is 4.90 Å². The van der Waals surface area contributed by atoms with Crippen LogP contribution >= 0.6 is 0 Å². The Bertz CT molecular complexity index is 717. The third kappa shape index (κ3) is 3.73. The van der Waals surface area contributed by atoms with Gasteiger partial charge in [0.05, 0.1) is 12.6 Å². The third-order valence-electron chi connectivity index (χ3n) is 5.01. The molecule has 134 valence electrons. The Morgan fingerprint density at radius 3 is 2.92 bits per heavy atom. The van der Waals surface area contributed by atoms with Gasteiger partial charge in [0.25, 0.3) is 0 Å². The van der Waals surface area contributed by atoms with Crippen LogP contribution in [0.15, 0.2) is 28.8 Å². The Kier molecular flexibility index (Phi) is 4.78. The van der Waals surface area contributed by atoms with Gasteiger partial charge in [0, 0.05) is 31.7 Å². The zero-order valence-corrected chi connectivity index (χ0v) is 14.0. The number of likely N-dealkylation sites (tertiary alicyclic amines) is 1. The van der Waals surface area contributed by atoms with Gasteiger partial charge in [0.1, 0.15) is 5.82 Å². The molecule has 2 atom stereocenters. The average molecular weight is 347 g/mol. The molecule has 4 rings (SSSR count). The molecular weight excluding hydrogens is 325 g/mol. The van der Waals surface area contributed by atoms with Crippen LogP contribution in [0.25, 0.3) is 0 Å². The van der Waals surface area contributed by atoms with Crippen molar-refractivity contribution in [3.8, 4) is 0 Å². The smallest absolute Gasteiger partial charge is 0.229 e. The van der Waals surface area contributed by atoms with Crippen molar-refractivity contribution < 1.29 is 18.8 Å². The van der Waals surface area contributed by atoms with E-state index in [0.29, 0.717) is 31.2 Å². The normalized spacial score (nSPS) is 25.5. The fourth-order valence-electron chi connectivity index (χ4n) is 3.74. The lowest BCUT2D eigenvalue weighted by Gasteiger charge is -2.23. The highest BCUT2D eigenvalue weighted by molar-refractivity contribution is 5.22. The van der Waals surface area contributed by atoms with Gasteiger partial charge >= 0.3 is 0 Å². The van der Waals surface area contributed by atoms with Gasteiger partial charge in [-0.2, -0.15) is 4.98 Å². The zero-order chi connectivity index (χ0) is 17.2. The van der Waals surface area contributed by atoms with E-state index in [0.717, 1.165) is 31.6 Å². The largest absolute Gasteiger partial charge is 0.392 e. The molecule has 2 aromatic rings. The van der Waals surface area contributed by atoms with Gasteiger partial charge < -0.3 is 14.4 Å². The molecule has 0 radical (unpaired) electrons. The van der Waals surface area contributed by atoms with Crippen LogP contribution < -0.4 is 0 Å². The van der Waals surface area contributed by atoms with E-state index in [4.69, 9.17) is 9.26 Å². The second kappa shape index (κ2) is 7.19. The maximum absolute atomic E-state index is 13.6. The van der Waals surface area contributed by atoms with Crippen LogP contribution in [0.3, 0.4) is 0 Å². The Hall–Kier alpha value is -1.83. The molecule has 0 spiro atoms. The minimum absolute atomic E-state index is 0.0456. The summed E-state index contributed by atoms with van der Waals surface area (Å²) in [6.07, 6.45) is 1.94. The molecule has 2 saturated heterocycles. The lowest BCUT2D eigenvalue weighted by atomic mass is 10.0. The molecule has 0 amide bonds. The van der Waals surface area contributed by atoms with Crippen molar-refractivity contribution in [1.82, 2.24) is 15.0 Å². The lowest BCUT2D eigenvalue weighted by Crippen LogP contribution is -2.25. The van der Waals surface area contributed by atoms with E-state index in [-0.39, 0.29) is 17.8 Å². The number of aliphatic hydroxyl groups is 1. The number of rotatable bonds is 4. The molecular formula is C18H22FN3O3. The Labute approximate surface area is 145 Å². The fraction of sp³-hybridized carbons (Fsp3) is 0.556. The van der Waals surface area contributed by atoms with E-state index in [2.05, 4.69) is 15.0 Å². The summed E-state index contributed by atoms with van der Waals surface area (Å²) in [5.41, 5.74) is 0.865. The van der Waals surface area contributed by atoms with Crippen LogP contribution in [0.1, 0.15) is 48.5 Å². The molecule has 1 aromatic carbocycles. The fourth-order valence-corrected chi connectivity index (χ4v) is 3.74. The average Bonchev–Trinajstić information content (AvgIpc) is 3.23. The highest BCUT2D eigenvalue weighted by atomic mass is 19.1. The summed E-state index contributed by atoms with van der Waals surface area (Å²) < 4.78 is 24.3. The van der Waals surface area contributed by atoms with Crippen molar-refractivity contribution in [3.05, 3.63) is 47.4 Å². The molecule has 0 saturated carbocycles. The van der Waals surface area contributed by atoms with Gasteiger partial charge in [-0.1, -0.05) is 17.3 Å². The number of benzene rings is 1. The maximum Gasteiger partial charge on any atom is 0.229 e. The van der Waals surface area contributed by atoms with E-state index >= 15 is 0 Å². The molecule has 3 heterocycles. The van der Waals surface area contributed by atoms with E-state index in [9.17, 15) is 9.50 Å². The van der Waals surface area contributed by atoms with Crippen LogP contribution in [-0.4, -0.2) is 46.0 Å². The summed E-state index contributed by atoms with van der Waals surface area (Å²) in [5, 5.41) is 14.2. The number of ether oxygens (including phenoxy) is 1. The van der Waals surface area contributed by atoms with Gasteiger partial charge in [-0.05, 0) is 37.0 Å². The predicted octanol–water partition coefficient (Wildman–Crippen LogP) is 2.41. The second-order valence-electron chi connectivity index (χ2n) is 6.83. The van der Waals surface area contributed by atoms with E-state index in [1.54, 1.807) is 6.07 Å². The van der Waals surface area contributed by atoms with Crippen LogP contribution in [-0.2, 0) is 11.3 Å². The van der Waals surface area contributed by atoms with E-state index in [1.807, 2.05) is 6.07 Å². The van der Waals surface area contributed by atoms with Crippen molar-refractivity contribution in [2.75, 3.05) is 19.8 Å². The first-order chi connectivity index (χ1) is 12.2.